The zero-order valence-electron chi connectivity index (χ0n) is 13.1. The largest absolute Gasteiger partial charge is 0.450 e. The van der Waals surface area contributed by atoms with Crippen LogP contribution in [-0.2, 0) is 9.53 Å². The Morgan fingerprint density at radius 2 is 2.00 bits per heavy atom. The molecule has 1 heterocycles. The van der Waals surface area contributed by atoms with E-state index in [0.717, 1.165) is 17.4 Å². The normalized spacial score (nSPS) is 10.9. The van der Waals surface area contributed by atoms with Crippen molar-refractivity contribution in [3.63, 3.8) is 0 Å². The van der Waals surface area contributed by atoms with Crippen LogP contribution in [0.25, 0.3) is 11.0 Å². The predicted octanol–water partition coefficient (Wildman–Crippen LogP) is 3.06. The fraction of sp³-hybridized carbons (Fsp3) is 0.412. The van der Waals surface area contributed by atoms with Crippen LogP contribution in [-0.4, -0.2) is 25.0 Å². The van der Waals surface area contributed by atoms with Crippen LogP contribution in [0.15, 0.2) is 28.7 Å². The molecular weight excluding hydrogens is 282 g/mol. The van der Waals surface area contributed by atoms with Crippen molar-refractivity contribution in [2.24, 2.45) is 5.92 Å². The molecule has 0 radical (unpaired) electrons. The highest BCUT2D eigenvalue weighted by atomic mass is 16.5. The molecule has 2 rings (SSSR count). The van der Waals surface area contributed by atoms with E-state index in [-0.39, 0.29) is 18.3 Å². The van der Waals surface area contributed by atoms with Gasteiger partial charge in [0.05, 0.1) is 0 Å². The Morgan fingerprint density at radius 1 is 1.27 bits per heavy atom. The minimum atomic E-state index is -0.618. The molecule has 0 unspecified atom stereocenters. The van der Waals surface area contributed by atoms with Gasteiger partial charge in [-0.3, -0.25) is 4.79 Å². The first kappa shape index (κ1) is 16.1. The number of hydrogen-bond donors (Lipinski definition) is 1. The van der Waals surface area contributed by atoms with Gasteiger partial charge in [-0.25, -0.2) is 4.79 Å². The van der Waals surface area contributed by atoms with Crippen molar-refractivity contribution in [3.05, 3.63) is 35.6 Å². The molecule has 5 heteroatoms. The maximum Gasteiger partial charge on any atom is 0.375 e. The van der Waals surface area contributed by atoms with Gasteiger partial charge in [-0.15, -0.1) is 0 Å². The molecule has 1 aromatic heterocycles. The molecule has 0 atom stereocenters. The van der Waals surface area contributed by atoms with Crippen LogP contribution in [0.1, 0.15) is 36.4 Å². The molecule has 1 aromatic carbocycles. The number of benzene rings is 1. The molecule has 22 heavy (non-hydrogen) atoms. The summed E-state index contributed by atoms with van der Waals surface area (Å²) in [5.74, 6) is -0.257. The van der Waals surface area contributed by atoms with Gasteiger partial charge in [0.25, 0.3) is 5.91 Å². The van der Waals surface area contributed by atoms with Gasteiger partial charge in [0.2, 0.25) is 5.76 Å². The van der Waals surface area contributed by atoms with E-state index in [0.29, 0.717) is 18.0 Å². The monoisotopic (exact) mass is 303 g/mol. The Bertz CT molecular complexity index is 672. The average Bonchev–Trinajstić information content (AvgIpc) is 2.82. The highest BCUT2D eigenvalue weighted by molar-refractivity contribution is 5.96. The number of esters is 1. The van der Waals surface area contributed by atoms with E-state index in [1.54, 1.807) is 13.0 Å². The Labute approximate surface area is 129 Å². The summed E-state index contributed by atoms with van der Waals surface area (Å²) in [6.07, 6.45) is 0.891. The van der Waals surface area contributed by atoms with Crippen molar-refractivity contribution in [2.45, 2.75) is 27.2 Å². The average molecular weight is 303 g/mol. The van der Waals surface area contributed by atoms with E-state index >= 15 is 0 Å². The molecule has 0 saturated carbocycles. The zero-order valence-corrected chi connectivity index (χ0v) is 13.1. The molecule has 0 fully saturated rings. The van der Waals surface area contributed by atoms with Crippen molar-refractivity contribution < 1.29 is 18.7 Å². The van der Waals surface area contributed by atoms with Gasteiger partial charge in [-0.05, 0) is 25.3 Å². The highest BCUT2D eigenvalue weighted by Gasteiger charge is 2.19. The van der Waals surface area contributed by atoms with Gasteiger partial charge in [0, 0.05) is 17.5 Å². The number of rotatable bonds is 6. The molecule has 0 saturated heterocycles. The minimum Gasteiger partial charge on any atom is -0.450 e. The third-order valence-corrected chi connectivity index (χ3v) is 3.41. The molecule has 2 aromatic rings. The van der Waals surface area contributed by atoms with E-state index in [9.17, 15) is 9.59 Å². The molecule has 0 aliphatic rings. The van der Waals surface area contributed by atoms with E-state index in [2.05, 4.69) is 19.2 Å². The fourth-order valence-corrected chi connectivity index (χ4v) is 2.12. The molecule has 5 nitrogen and oxygen atoms in total. The van der Waals surface area contributed by atoms with E-state index in [1.165, 1.54) is 0 Å². The van der Waals surface area contributed by atoms with E-state index in [1.807, 2.05) is 18.2 Å². The second-order valence-electron chi connectivity index (χ2n) is 5.66. The van der Waals surface area contributed by atoms with Crippen LogP contribution in [0.3, 0.4) is 0 Å². The summed E-state index contributed by atoms with van der Waals surface area (Å²) in [4.78, 5) is 23.6. The lowest BCUT2D eigenvalue weighted by atomic mass is 10.1. The summed E-state index contributed by atoms with van der Waals surface area (Å²) < 4.78 is 10.5. The van der Waals surface area contributed by atoms with Crippen molar-refractivity contribution in [2.75, 3.05) is 13.2 Å². The van der Waals surface area contributed by atoms with E-state index < -0.39 is 5.97 Å². The van der Waals surface area contributed by atoms with Gasteiger partial charge in [-0.1, -0.05) is 32.0 Å². The Balaban J connectivity index is 1.91. The van der Waals surface area contributed by atoms with Crippen LogP contribution in [0, 0.1) is 12.8 Å². The number of furan rings is 1. The van der Waals surface area contributed by atoms with Crippen LogP contribution in [0.4, 0.5) is 0 Å². The van der Waals surface area contributed by atoms with E-state index in [4.69, 9.17) is 9.15 Å². The molecule has 0 aliphatic heterocycles. The third-order valence-electron chi connectivity index (χ3n) is 3.41. The predicted molar refractivity (Wildman–Crippen MR) is 83.7 cm³/mol. The molecule has 0 spiro atoms. The Morgan fingerprint density at radius 3 is 2.68 bits per heavy atom. The number of hydrogen-bond acceptors (Lipinski definition) is 4. The zero-order chi connectivity index (χ0) is 16.1. The maximum atomic E-state index is 12.0. The van der Waals surface area contributed by atoms with Crippen LogP contribution in [0.2, 0.25) is 0 Å². The summed E-state index contributed by atoms with van der Waals surface area (Å²) in [5.41, 5.74) is 1.36. The van der Waals surface area contributed by atoms with Gasteiger partial charge < -0.3 is 14.5 Å². The first-order chi connectivity index (χ1) is 10.5. The fourth-order valence-electron chi connectivity index (χ4n) is 2.12. The molecule has 0 aliphatic carbocycles. The number of amides is 1. The number of para-hydroxylation sites is 1. The Kier molecular flexibility index (Phi) is 5.20. The summed E-state index contributed by atoms with van der Waals surface area (Å²) in [5, 5.41) is 3.59. The SMILES string of the molecule is Cc1c(C(=O)OCC(=O)NCCC(C)C)oc2ccccc12. The quantitative estimate of drug-likeness (QED) is 0.833. The lowest BCUT2D eigenvalue weighted by Gasteiger charge is -2.07. The number of nitrogens with one attached hydrogen (secondary N) is 1. The van der Waals surface area contributed by atoms with Gasteiger partial charge in [0.1, 0.15) is 5.58 Å². The standard InChI is InChI=1S/C17H21NO4/c1-11(2)8-9-18-15(19)10-21-17(20)16-12(3)13-6-4-5-7-14(13)22-16/h4-7,11H,8-10H2,1-3H3,(H,18,19). The lowest BCUT2D eigenvalue weighted by Crippen LogP contribution is -2.30. The smallest absolute Gasteiger partial charge is 0.375 e. The summed E-state index contributed by atoms with van der Waals surface area (Å²) in [6, 6.07) is 7.38. The van der Waals surface area contributed by atoms with Gasteiger partial charge in [-0.2, -0.15) is 0 Å². The van der Waals surface area contributed by atoms with Gasteiger partial charge in [0.15, 0.2) is 6.61 Å². The highest BCUT2D eigenvalue weighted by Crippen LogP contribution is 2.25. The molecule has 1 amide bonds. The molecule has 1 N–H and O–H groups in total. The summed E-state index contributed by atoms with van der Waals surface area (Å²) in [6.45, 7) is 6.24. The molecular formula is C17H21NO4. The van der Waals surface area contributed by atoms with Crippen LogP contribution in [0.5, 0.6) is 0 Å². The number of aryl methyl sites for hydroxylation is 1. The molecule has 118 valence electrons. The minimum absolute atomic E-state index is 0.149. The van der Waals surface area contributed by atoms with Crippen molar-refractivity contribution >= 4 is 22.8 Å². The van der Waals surface area contributed by atoms with Crippen molar-refractivity contribution in [1.29, 1.82) is 0 Å². The van der Waals surface area contributed by atoms with Crippen LogP contribution >= 0.6 is 0 Å². The first-order valence-corrected chi connectivity index (χ1v) is 7.41. The second-order valence-corrected chi connectivity index (χ2v) is 5.66. The first-order valence-electron chi connectivity index (χ1n) is 7.41. The second kappa shape index (κ2) is 7.11. The summed E-state index contributed by atoms with van der Waals surface area (Å²) >= 11 is 0. The number of fused-ring (bicyclic) bond motifs is 1. The topological polar surface area (TPSA) is 68.5 Å². The molecule has 0 bridgehead atoms. The van der Waals surface area contributed by atoms with Crippen LogP contribution < -0.4 is 5.32 Å². The number of carbonyl (C=O) groups is 2. The third kappa shape index (κ3) is 3.87. The Hall–Kier alpha value is -2.30. The number of ether oxygens (including phenoxy) is 1. The number of carbonyl (C=O) groups excluding carboxylic acids is 2. The maximum absolute atomic E-state index is 12.0. The van der Waals surface area contributed by atoms with Crippen molar-refractivity contribution in [3.8, 4) is 0 Å². The van der Waals surface area contributed by atoms with Crippen molar-refractivity contribution in [1.82, 2.24) is 5.32 Å². The summed E-state index contributed by atoms with van der Waals surface area (Å²) in [7, 11) is 0. The van der Waals surface area contributed by atoms with Gasteiger partial charge >= 0.3 is 5.97 Å². The lowest BCUT2D eigenvalue weighted by molar-refractivity contribution is -0.124.